The maximum atomic E-state index is 12.4. The summed E-state index contributed by atoms with van der Waals surface area (Å²) < 4.78 is 47.4. The van der Waals surface area contributed by atoms with Crippen LogP contribution in [0.1, 0.15) is 0 Å². The van der Waals surface area contributed by atoms with Crippen LogP contribution in [-0.4, -0.2) is 19.9 Å². The highest BCUT2D eigenvalue weighted by Gasteiger charge is 2.26. The lowest BCUT2D eigenvalue weighted by molar-refractivity contribution is 0.234. The Balaban J connectivity index is 3.11. The lowest BCUT2D eigenvalue weighted by atomic mass is 10.3. The Labute approximate surface area is 121 Å². The number of halogens is 3. The van der Waals surface area contributed by atoms with Gasteiger partial charge < -0.3 is 0 Å². The Morgan fingerprint density at radius 2 is 1.95 bits per heavy atom. The maximum Gasteiger partial charge on any atom is 0.341 e. The van der Waals surface area contributed by atoms with Gasteiger partial charge in [-0.05, 0) is 34.1 Å². The van der Waals surface area contributed by atoms with Gasteiger partial charge >= 0.3 is 5.76 Å². The molecule has 0 aliphatic heterocycles. The molecule has 0 bridgehead atoms. The first-order valence-corrected chi connectivity index (χ1v) is 7.12. The van der Waals surface area contributed by atoms with Crippen LogP contribution in [0.3, 0.4) is 0 Å². The molecular formula is C10H5BrF2N4O2S. The molecule has 0 fully saturated rings. The molecule has 1 aromatic rings. The molecule has 1 N–H and O–H groups in total. The largest absolute Gasteiger partial charge is 0.341 e. The monoisotopic (exact) mass is 362 g/mol. The first-order valence-electron chi connectivity index (χ1n) is 4.78. The molecule has 1 aromatic carbocycles. The maximum absolute atomic E-state index is 12.4. The highest BCUT2D eigenvalue weighted by molar-refractivity contribution is 9.10. The minimum Gasteiger partial charge on any atom is -0.275 e. The molecule has 0 atom stereocenters. The third-order valence-corrected chi connectivity index (χ3v) is 4.04. The molecule has 0 saturated heterocycles. The molecule has 0 saturated carbocycles. The molecular weight excluding hydrogens is 358 g/mol. The van der Waals surface area contributed by atoms with Gasteiger partial charge in [0.15, 0.2) is 0 Å². The van der Waals surface area contributed by atoms with E-state index in [0.29, 0.717) is 0 Å². The fourth-order valence-corrected chi connectivity index (χ4v) is 2.42. The zero-order chi connectivity index (χ0) is 15.3. The third kappa shape index (κ3) is 3.50. The molecule has 0 unspecified atom stereocenters. The molecule has 0 aromatic heterocycles. The smallest absolute Gasteiger partial charge is 0.275 e. The number of nitrogens with one attached hydrogen (secondary N) is 1. The minimum absolute atomic E-state index is 0.137. The van der Waals surface area contributed by atoms with Crippen molar-refractivity contribution in [2.45, 2.75) is 10.7 Å². The number of hydrazone groups is 1. The molecule has 10 heteroatoms. The molecule has 0 spiro atoms. The van der Waals surface area contributed by atoms with Gasteiger partial charge in [-0.15, -0.1) is 0 Å². The summed E-state index contributed by atoms with van der Waals surface area (Å²) in [5.74, 6) is -3.52. The van der Waals surface area contributed by atoms with Gasteiger partial charge in [-0.2, -0.15) is 24.4 Å². The van der Waals surface area contributed by atoms with E-state index in [9.17, 15) is 17.2 Å². The van der Waals surface area contributed by atoms with E-state index in [1.807, 2.05) is 0 Å². The summed E-state index contributed by atoms with van der Waals surface area (Å²) in [6.45, 7) is 0. The Kier molecular flexibility index (Phi) is 5.13. The van der Waals surface area contributed by atoms with Gasteiger partial charge in [0.2, 0.25) is 15.5 Å². The summed E-state index contributed by atoms with van der Waals surface area (Å²) >= 11 is 2.98. The van der Waals surface area contributed by atoms with Crippen molar-refractivity contribution in [1.82, 2.24) is 0 Å². The third-order valence-electron chi connectivity index (χ3n) is 2.00. The fraction of sp³-hybridized carbons (Fsp3) is 0.100. The SMILES string of the molecule is N#CC(C#N)=NNc1ccc(S(=O)(=O)C(F)F)cc1Br. The molecule has 6 nitrogen and oxygen atoms in total. The summed E-state index contributed by atoms with van der Waals surface area (Å²) in [4.78, 5) is -0.560. The molecule has 0 aliphatic carbocycles. The number of hydrogen-bond donors (Lipinski definition) is 1. The van der Waals surface area contributed by atoms with Crippen LogP contribution in [0.5, 0.6) is 0 Å². The van der Waals surface area contributed by atoms with Crippen LogP contribution >= 0.6 is 15.9 Å². The van der Waals surface area contributed by atoms with Crippen LogP contribution in [0.4, 0.5) is 14.5 Å². The number of anilines is 1. The Bertz CT molecular complexity index is 719. The van der Waals surface area contributed by atoms with Crippen molar-refractivity contribution >= 4 is 37.2 Å². The quantitative estimate of drug-likeness (QED) is 0.652. The van der Waals surface area contributed by atoms with E-state index in [2.05, 4.69) is 26.5 Å². The second-order valence-electron chi connectivity index (χ2n) is 3.24. The van der Waals surface area contributed by atoms with Gasteiger partial charge in [0.05, 0.1) is 10.6 Å². The number of benzene rings is 1. The molecule has 0 aliphatic rings. The number of rotatable bonds is 4. The average Bonchev–Trinajstić information content (AvgIpc) is 2.41. The van der Waals surface area contributed by atoms with E-state index in [1.54, 1.807) is 0 Å². The first-order chi connectivity index (χ1) is 9.32. The number of alkyl halides is 2. The predicted molar refractivity (Wildman–Crippen MR) is 69.6 cm³/mol. The summed E-state index contributed by atoms with van der Waals surface area (Å²) in [6, 6.07) is 6.12. The van der Waals surface area contributed by atoms with Crippen molar-refractivity contribution in [2.24, 2.45) is 5.10 Å². The lowest BCUT2D eigenvalue weighted by Crippen LogP contribution is -2.11. The zero-order valence-electron chi connectivity index (χ0n) is 9.51. The number of nitriles is 2. The molecule has 0 amide bonds. The first kappa shape index (κ1) is 16.0. The Morgan fingerprint density at radius 3 is 2.40 bits per heavy atom. The Hall–Kier alpha value is -2.04. The predicted octanol–water partition coefficient (Wildman–Crippen LogP) is 2.26. The fourth-order valence-electron chi connectivity index (χ4n) is 1.06. The number of nitrogens with zero attached hydrogens (tertiary/aromatic N) is 3. The van der Waals surface area contributed by atoms with Crippen LogP contribution in [0.25, 0.3) is 0 Å². The summed E-state index contributed by atoms with van der Waals surface area (Å²) in [5, 5.41) is 20.4. The molecule has 20 heavy (non-hydrogen) atoms. The van der Waals surface area contributed by atoms with Crippen molar-refractivity contribution in [1.29, 1.82) is 10.5 Å². The highest BCUT2D eigenvalue weighted by atomic mass is 79.9. The van der Waals surface area contributed by atoms with Gasteiger partial charge in [0.1, 0.15) is 12.1 Å². The summed E-state index contributed by atoms with van der Waals surface area (Å²) in [6.07, 6.45) is 0. The van der Waals surface area contributed by atoms with Crippen molar-refractivity contribution < 1.29 is 17.2 Å². The summed E-state index contributed by atoms with van der Waals surface area (Å²) in [5.41, 5.74) is 2.10. The van der Waals surface area contributed by atoms with E-state index in [0.717, 1.165) is 12.1 Å². The van der Waals surface area contributed by atoms with E-state index in [4.69, 9.17) is 10.5 Å². The topological polar surface area (TPSA) is 106 Å². The lowest BCUT2D eigenvalue weighted by Gasteiger charge is -2.07. The average molecular weight is 363 g/mol. The minimum atomic E-state index is -4.69. The van der Waals surface area contributed by atoms with Crippen molar-refractivity contribution in [3.63, 3.8) is 0 Å². The van der Waals surface area contributed by atoms with Crippen molar-refractivity contribution in [3.05, 3.63) is 22.7 Å². The van der Waals surface area contributed by atoms with Crippen molar-refractivity contribution in [2.75, 3.05) is 5.43 Å². The van der Waals surface area contributed by atoms with Crippen molar-refractivity contribution in [3.8, 4) is 12.1 Å². The van der Waals surface area contributed by atoms with Crippen LogP contribution in [0, 0.1) is 22.7 Å². The van der Waals surface area contributed by atoms with Gasteiger partial charge in [-0.1, -0.05) is 0 Å². The van der Waals surface area contributed by atoms with Gasteiger partial charge in [-0.25, -0.2) is 8.42 Å². The molecule has 0 heterocycles. The number of sulfone groups is 1. The van der Waals surface area contributed by atoms with E-state index in [1.165, 1.54) is 18.2 Å². The van der Waals surface area contributed by atoms with E-state index >= 15 is 0 Å². The highest BCUT2D eigenvalue weighted by Crippen LogP contribution is 2.28. The van der Waals surface area contributed by atoms with Gasteiger partial charge in [0.25, 0.3) is 0 Å². The van der Waals surface area contributed by atoms with Gasteiger partial charge in [0, 0.05) is 4.47 Å². The molecule has 0 radical (unpaired) electrons. The summed E-state index contributed by atoms with van der Waals surface area (Å²) in [7, 11) is -4.69. The van der Waals surface area contributed by atoms with Crippen LogP contribution in [0.2, 0.25) is 0 Å². The van der Waals surface area contributed by atoms with E-state index < -0.39 is 26.2 Å². The second kappa shape index (κ2) is 6.41. The zero-order valence-corrected chi connectivity index (χ0v) is 11.9. The number of hydrogen-bond acceptors (Lipinski definition) is 6. The van der Waals surface area contributed by atoms with Gasteiger partial charge in [-0.3, -0.25) is 5.43 Å². The van der Waals surface area contributed by atoms with Crippen LogP contribution < -0.4 is 5.43 Å². The van der Waals surface area contributed by atoms with Crippen LogP contribution in [-0.2, 0) is 9.84 Å². The van der Waals surface area contributed by atoms with E-state index in [-0.39, 0.29) is 10.2 Å². The Morgan fingerprint density at radius 1 is 1.35 bits per heavy atom. The second-order valence-corrected chi connectivity index (χ2v) is 6.02. The molecule has 1 rings (SSSR count). The normalized spacial score (nSPS) is 10.5. The molecule has 104 valence electrons. The standard InChI is InChI=1S/C10H5BrF2N4O2S/c11-8-3-7(20(18,19)10(12)13)1-2-9(8)17-16-6(4-14)5-15/h1-3,10,17H. The van der Waals surface area contributed by atoms with Crippen LogP contribution in [0.15, 0.2) is 32.7 Å².